The highest BCUT2D eigenvalue weighted by molar-refractivity contribution is 7.13. The highest BCUT2D eigenvalue weighted by Crippen LogP contribution is 2.26. The van der Waals surface area contributed by atoms with Gasteiger partial charge in [-0.2, -0.15) is 14.4 Å². The van der Waals surface area contributed by atoms with E-state index in [1.807, 2.05) is 0 Å². The minimum Gasteiger partial charge on any atom is -0.491 e. The van der Waals surface area contributed by atoms with E-state index in [4.69, 9.17) is 10.2 Å². The number of aromatic hydroxyl groups is 2. The molecule has 0 aromatic carbocycles. The summed E-state index contributed by atoms with van der Waals surface area (Å²) in [5, 5.41) is 20.3. The highest BCUT2D eigenvalue weighted by Gasteiger charge is 2.15. The van der Waals surface area contributed by atoms with E-state index < -0.39 is 17.6 Å². The second-order valence-electron chi connectivity index (χ2n) is 2.80. The van der Waals surface area contributed by atoms with Crippen molar-refractivity contribution >= 4 is 11.3 Å². The first-order valence-electron chi connectivity index (χ1n) is 3.96. The van der Waals surface area contributed by atoms with E-state index in [-0.39, 0.29) is 5.82 Å². The Bertz CT molecular complexity index is 491. The van der Waals surface area contributed by atoms with Crippen molar-refractivity contribution in [3.8, 4) is 22.6 Å². The fourth-order valence-corrected chi connectivity index (χ4v) is 1.70. The smallest absolute Gasteiger partial charge is 0.255 e. The third-order valence-corrected chi connectivity index (χ3v) is 2.58. The van der Waals surface area contributed by atoms with Crippen LogP contribution in [0.15, 0.2) is 5.38 Å². The van der Waals surface area contributed by atoms with Crippen molar-refractivity contribution in [2.75, 3.05) is 0 Å². The lowest BCUT2D eigenvalue weighted by Gasteiger charge is -1.99. The lowest BCUT2D eigenvalue weighted by molar-refractivity contribution is 0.363. The molecule has 0 amide bonds. The Morgan fingerprint density at radius 2 is 1.80 bits per heavy atom. The van der Waals surface area contributed by atoms with Crippen LogP contribution in [0.5, 0.6) is 11.8 Å². The van der Waals surface area contributed by atoms with E-state index >= 15 is 0 Å². The first-order chi connectivity index (χ1) is 7.08. The minimum atomic E-state index is -1.23. The van der Waals surface area contributed by atoms with E-state index in [2.05, 4.69) is 15.0 Å². The van der Waals surface area contributed by atoms with Gasteiger partial charge in [0.2, 0.25) is 5.82 Å². The second-order valence-corrected chi connectivity index (χ2v) is 3.66. The molecule has 0 unspecified atom stereocenters. The first kappa shape index (κ1) is 9.78. The average molecular weight is 227 g/mol. The third-order valence-electron chi connectivity index (χ3n) is 1.63. The van der Waals surface area contributed by atoms with Crippen LogP contribution in [0.2, 0.25) is 0 Å². The molecule has 2 aromatic rings. The molecule has 0 saturated heterocycles. The standard InChI is InChI=1S/C8H6FN3O2S/c1-3-2-15-8(10-3)5-11-6(13)4(9)7(14)12-5/h2H,1H3,(H2,11,12,13,14). The fourth-order valence-electron chi connectivity index (χ4n) is 0.976. The van der Waals surface area contributed by atoms with Crippen LogP contribution in [0, 0.1) is 12.7 Å². The van der Waals surface area contributed by atoms with E-state index in [9.17, 15) is 4.39 Å². The highest BCUT2D eigenvalue weighted by atomic mass is 32.1. The third kappa shape index (κ3) is 1.73. The molecule has 0 fully saturated rings. The largest absolute Gasteiger partial charge is 0.491 e. The van der Waals surface area contributed by atoms with Crippen molar-refractivity contribution < 1.29 is 14.6 Å². The Morgan fingerprint density at radius 1 is 1.20 bits per heavy atom. The summed E-state index contributed by atoms with van der Waals surface area (Å²) in [7, 11) is 0. The number of hydrogen-bond donors (Lipinski definition) is 2. The molecule has 0 aliphatic heterocycles. The Hall–Kier alpha value is -1.76. The van der Waals surface area contributed by atoms with Crippen LogP contribution in [-0.2, 0) is 0 Å². The van der Waals surface area contributed by atoms with Crippen LogP contribution in [-0.4, -0.2) is 25.2 Å². The van der Waals surface area contributed by atoms with E-state index in [1.54, 1.807) is 12.3 Å². The Morgan fingerprint density at radius 3 is 2.27 bits per heavy atom. The molecule has 0 aliphatic rings. The van der Waals surface area contributed by atoms with Crippen molar-refractivity contribution in [2.24, 2.45) is 0 Å². The fraction of sp³-hybridized carbons (Fsp3) is 0.125. The molecule has 2 heterocycles. The quantitative estimate of drug-likeness (QED) is 0.771. The van der Waals surface area contributed by atoms with Crippen molar-refractivity contribution in [2.45, 2.75) is 6.92 Å². The van der Waals surface area contributed by atoms with Gasteiger partial charge in [-0.1, -0.05) is 0 Å². The number of rotatable bonds is 1. The molecule has 0 spiro atoms. The Kier molecular flexibility index (Phi) is 2.24. The number of aromatic nitrogens is 3. The summed E-state index contributed by atoms with van der Waals surface area (Å²) in [6.45, 7) is 1.78. The average Bonchev–Trinajstić information content (AvgIpc) is 2.60. The number of thiazole rings is 1. The summed E-state index contributed by atoms with van der Waals surface area (Å²) < 4.78 is 12.8. The van der Waals surface area contributed by atoms with Crippen molar-refractivity contribution in [1.29, 1.82) is 0 Å². The molecule has 0 aliphatic carbocycles. The van der Waals surface area contributed by atoms with Crippen LogP contribution >= 0.6 is 11.3 Å². The molecule has 7 heteroatoms. The molecule has 0 bridgehead atoms. The van der Waals surface area contributed by atoms with Gasteiger partial charge < -0.3 is 10.2 Å². The summed E-state index contributed by atoms with van der Waals surface area (Å²) in [5.41, 5.74) is 0.766. The van der Waals surface area contributed by atoms with Crippen molar-refractivity contribution in [1.82, 2.24) is 15.0 Å². The van der Waals surface area contributed by atoms with Gasteiger partial charge in [-0.05, 0) is 6.92 Å². The zero-order chi connectivity index (χ0) is 11.0. The van der Waals surface area contributed by atoms with Gasteiger partial charge in [0.25, 0.3) is 11.8 Å². The first-order valence-corrected chi connectivity index (χ1v) is 4.84. The van der Waals surface area contributed by atoms with Gasteiger partial charge in [0.15, 0.2) is 10.8 Å². The maximum atomic E-state index is 12.8. The zero-order valence-electron chi connectivity index (χ0n) is 7.60. The van der Waals surface area contributed by atoms with Gasteiger partial charge in [0, 0.05) is 11.1 Å². The minimum absolute atomic E-state index is 0.00417. The van der Waals surface area contributed by atoms with Crippen LogP contribution in [0.25, 0.3) is 10.8 Å². The number of hydrogen-bond acceptors (Lipinski definition) is 6. The molecular weight excluding hydrogens is 221 g/mol. The second kappa shape index (κ2) is 3.43. The molecule has 15 heavy (non-hydrogen) atoms. The van der Waals surface area contributed by atoms with Gasteiger partial charge >= 0.3 is 0 Å². The predicted molar refractivity (Wildman–Crippen MR) is 51.2 cm³/mol. The zero-order valence-corrected chi connectivity index (χ0v) is 8.42. The van der Waals surface area contributed by atoms with Gasteiger partial charge in [0.1, 0.15) is 0 Å². The van der Waals surface area contributed by atoms with Gasteiger partial charge in [-0.3, -0.25) is 0 Å². The van der Waals surface area contributed by atoms with Crippen LogP contribution < -0.4 is 0 Å². The number of nitrogens with zero attached hydrogens (tertiary/aromatic N) is 3. The molecule has 78 valence electrons. The Labute approximate surface area is 87.9 Å². The summed E-state index contributed by atoms with van der Waals surface area (Å²) in [6, 6.07) is 0. The van der Waals surface area contributed by atoms with Gasteiger partial charge in [0.05, 0.1) is 0 Å². The summed E-state index contributed by atoms with van der Waals surface area (Å²) in [5.74, 6) is -2.99. The summed E-state index contributed by atoms with van der Waals surface area (Å²) in [6.07, 6.45) is 0. The lowest BCUT2D eigenvalue weighted by Crippen LogP contribution is -1.92. The van der Waals surface area contributed by atoms with Crippen LogP contribution in [0.4, 0.5) is 4.39 Å². The monoisotopic (exact) mass is 227 g/mol. The maximum absolute atomic E-state index is 12.8. The topological polar surface area (TPSA) is 79.1 Å². The number of aryl methyl sites for hydroxylation is 1. The Balaban J connectivity index is 2.55. The van der Waals surface area contributed by atoms with E-state index in [0.717, 1.165) is 5.69 Å². The molecule has 5 nitrogen and oxygen atoms in total. The van der Waals surface area contributed by atoms with Crippen molar-refractivity contribution in [3.05, 3.63) is 16.9 Å². The molecular formula is C8H6FN3O2S. The normalized spacial score (nSPS) is 10.5. The molecule has 2 rings (SSSR count). The number of halogens is 1. The molecule has 2 N–H and O–H groups in total. The molecule has 0 atom stereocenters. The molecule has 0 radical (unpaired) electrons. The summed E-state index contributed by atoms with van der Waals surface area (Å²) in [4.78, 5) is 11.0. The van der Waals surface area contributed by atoms with Crippen LogP contribution in [0.1, 0.15) is 5.69 Å². The van der Waals surface area contributed by atoms with Gasteiger partial charge in [-0.15, -0.1) is 11.3 Å². The maximum Gasteiger partial charge on any atom is 0.255 e. The van der Waals surface area contributed by atoms with E-state index in [0.29, 0.717) is 5.01 Å². The van der Waals surface area contributed by atoms with E-state index in [1.165, 1.54) is 11.3 Å². The predicted octanol–water partition coefficient (Wildman–Crippen LogP) is 1.46. The SMILES string of the molecule is Cc1csc(-c2nc(O)c(F)c(O)n2)n1. The summed E-state index contributed by atoms with van der Waals surface area (Å²) >= 11 is 1.25. The molecule has 2 aromatic heterocycles. The van der Waals surface area contributed by atoms with Crippen LogP contribution in [0.3, 0.4) is 0 Å². The van der Waals surface area contributed by atoms with Gasteiger partial charge in [-0.25, -0.2) is 4.98 Å². The lowest BCUT2D eigenvalue weighted by atomic mass is 10.5. The van der Waals surface area contributed by atoms with Crippen molar-refractivity contribution in [3.63, 3.8) is 0 Å². The molecule has 0 saturated carbocycles.